The molecule has 3 N–H and O–H groups in total. The normalized spacial score (nSPS) is 44.6. The second-order valence-corrected chi connectivity index (χ2v) is 8.53. The highest BCUT2D eigenvalue weighted by atomic mass is 16.6. The third kappa shape index (κ3) is 5.53. The lowest BCUT2D eigenvalue weighted by atomic mass is 9.77. The highest BCUT2D eigenvalue weighted by Gasteiger charge is 2.41. The first kappa shape index (κ1) is 25.0. The number of carbonyl (C=O) groups excluding carboxylic acids is 2. The van der Waals surface area contributed by atoms with Crippen molar-refractivity contribution in [3.63, 3.8) is 0 Å². The summed E-state index contributed by atoms with van der Waals surface area (Å²) in [7, 11) is 1.31. The summed E-state index contributed by atoms with van der Waals surface area (Å²) >= 11 is 0. The maximum absolute atomic E-state index is 12.8. The Morgan fingerprint density at radius 2 is 1.54 bits per heavy atom. The molecule has 0 spiro atoms. The van der Waals surface area contributed by atoms with Gasteiger partial charge in [-0.1, -0.05) is 41.5 Å². The predicted octanol–water partition coefficient (Wildman–Crippen LogP) is 1.56. The van der Waals surface area contributed by atoms with Crippen LogP contribution < -0.4 is 0 Å². The van der Waals surface area contributed by atoms with E-state index in [0.717, 1.165) is 0 Å². The summed E-state index contributed by atoms with van der Waals surface area (Å²) < 4.78 is 10.7. The molecule has 7 nitrogen and oxygen atoms in total. The Balaban J connectivity index is 3.28. The van der Waals surface area contributed by atoms with Crippen LogP contribution in [0.5, 0.6) is 0 Å². The van der Waals surface area contributed by atoms with Crippen LogP contribution >= 0.6 is 0 Å². The SMILES string of the molecule is CCC1OC(=O)C(OC)C(O)C(C)C(O)C(C)CC(C)C(=O)C(C)C(O)C1C. The average molecular weight is 403 g/mol. The van der Waals surface area contributed by atoms with E-state index < -0.39 is 54.2 Å². The van der Waals surface area contributed by atoms with E-state index in [1.165, 1.54) is 7.11 Å². The van der Waals surface area contributed by atoms with E-state index >= 15 is 0 Å². The lowest BCUT2D eigenvalue weighted by Crippen LogP contribution is -2.49. The van der Waals surface area contributed by atoms with Gasteiger partial charge in [0.15, 0.2) is 6.10 Å². The molecular weight excluding hydrogens is 364 g/mol. The monoisotopic (exact) mass is 402 g/mol. The van der Waals surface area contributed by atoms with Crippen LogP contribution in [0.15, 0.2) is 0 Å². The van der Waals surface area contributed by atoms with Crippen molar-refractivity contribution in [1.82, 2.24) is 0 Å². The van der Waals surface area contributed by atoms with Crippen molar-refractivity contribution in [2.24, 2.45) is 29.6 Å². The first-order valence-electron chi connectivity index (χ1n) is 10.3. The number of aliphatic hydroxyl groups excluding tert-OH is 3. The van der Waals surface area contributed by atoms with Gasteiger partial charge in [0.2, 0.25) is 0 Å². The predicted molar refractivity (Wildman–Crippen MR) is 104 cm³/mol. The zero-order chi connectivity index (χ0) is 21.8. The third-order valence-electron chi connectivity index (χ3n) is 6.42. The van der Waals surface area contributed by atoms with Crippen LogP contribution in [0.25, 0.3) is 0 Å². The number of aliphatic hydroxyl groups is 3. The summed E-state index contributed by atoms with van der Waals surface area (Å²) in [6.45, 7) is 10.5. The highest BCUT2D eigenvalue weighted by Crippen LogP contribution is 2.30. The largest absolute Gasteiger partial charge is 0.460 e. The first-order chi connectivity index (χ1) is 13.0. The molecule has 1 saturated heterocycles. The van der Waals surface area contributed by atoms with Gasteiger partial charge in [0.25, 0.3) is 0 Å². The van der Waals surface area contributed by atoms with Crippen LogP contribution in [0.1, 0.15) is 54.4 Å². The Morgan fingerprint density at radius 1 is 0.964 bits per heavy atom. The molecule has 0 aliphatic carbocycles. The Bertz CT molecular complexity index is 523. The number of rotatable bonds is 2. The molecule has 1 fully saturated rings. The van der Waals surface area contributed by atoms with Gasteiger partial charge < -0.3 is 24.8 Å². The Labute approximate surface area is 168 Å². The summed E-state index contributed by atoms with van der Waals surface area (Å²) in [5.41, 5.74) is 0. The van der Waals surface area contributed by atoms with Gasteiger partial charge in [0.05, 0.1) is 18.3 Å². The highest BCUT2D eigenvalue weighted by molar-refractivity contribution is 5.83. The van der Waals surface area contributed by atoms with Gasteiger partial charge in [-0.25, -0.2) is 4.79 Å². The molecule has 0 saturated carbocycles. The molecule has 10 atom stereocenters. The second-order valence-electron chi connectivity index (χ2n) is 8.53. The summed E-state index contributed by atoms with van der Waals surface area (Å²) in [6, 6.07) is 0. The Kier molecular flexibility index (Phi) is 9.53. The van der Waals surface area contributed by atoms with E-state index in [9.17, 15) is 24.9 Å². The quantitative estimate of drug-likeness (QED) is 0.601. The summed E-state index contributed by atoms with van der Waals surface area (Å²) in [5.74, 6) is -3.20. The Hall–Kier alpha value is -1.02. The van der Waals surface area contributed by atoms with Crippen molar-refractivity contribution in [2.45, 2.75) is 84.9 Å². The zero-order valence-corrected chi connectivity index (χ0v) is 18.2. The van der Waals surface area contributed by atoms with Crippen molar-refractivity contribution in [1.29, 1.82) is 0 Å². The lowest BCUT2D eigenvalue weighted by Gasteiger charge is -2.36. The minimum Gasteiger partial charge on any atom is -0.460 e. The number of methoxy groups -OCH3 is 1. The number of cyclic esters (lactones) is 1. The standard InChI is InChI=1S/C21H38O7/c1-8-15-12(4)18(24)13(5)16(22)10(2)9-11(3)17(23)14(6)19(25)20(27-7)21(26)28-15/h10-15,17-20,23-25H,8-9H2,1-7H3. The van der Waals surface area contributed by atoms with E-state index in [-0.39, 0.29) is 17.6 Å². The summed E-state index contributed by atoms with van der Waals surface area (Å²) in [5, 5.41) is 32.0. The molecule has 0 bridgehead atoms. The third-order valence-corrected chi connectivity index (χ3v) is 6.42. The van der Waals surface area contributed by atoms with Crippen LogP contribution in [-0.4, -0.2) is 64.7 Å². The van der Waals surface area contributed by atoms with Crippen LogP contribution in [0.3, 0.4) is 0 Å². The van der Waals surface area contributed by atoms with Crippen LogP contribution in [0, 0.1) is 29.6 Å². The Morgan fingerprint density at radius 3 is 2.04 bits per heavy atom. The second kappa shape index (κ2) is 10.7. The molecule has 0 amide bonds. The van der Waals surface area contributed by atoms with E-state index in [4.69, 9.17) is 9.47 Å². The minimum atomic E-state index is -1.26. The van der Waals surface area contributed by atoms with Gasteiger partial charge in [0, 0.05) is 30.8 Å². The molecule has 1 aliphatic rings. The number of esters is 1. The minimum absolute atomic E-state index is 0.0837. The summed E-state index contributed by atoms with van der Waals surface area (Å²) in [4.78, 5) is 25.4. The average Bonchev–Trinajstić information content (AvgIpc) is 2.67. The van der Waals surface area contributed by atoms with Gasteiger partial charge in [-0.15, -0.1) is 0 Å². The molecule has 7 heteroatoms. The number of ether oxygens (including phenoxy) is 2. The fourth-order valence-electron chi connectivity index (χ4n) is 4.26. The van der Waals surface area contributed by atoms with Crippen molar-refractivity contribution in [3.8, 4) is 0 Å². The zero-order valence-electron chi connectivity index (χ0n) is 18.2. The van der Waals surface area contributed by atoms with Crippen LogP contribution in [0.4, 0.5) is 0 Å². The molecule has 0 aromatic carbocycles. The van der Waals surface area contributed by atoms with Crippen molar-refractivity contribution in [3.05, 3.63) is 0 Å². The number of carbonyl (C=O) groups is 2. The molecule has 1 rings (SSSR count). The van der Waals surface area contributed by atoms with Crippen LogP contribution in [0.2, 0.25) is 0 Å². The van der Waals surface area contributed by atoms with E-state index in [0.29, 0.717) is 12.8 Å². The first-order valence-corrected chi connectivity index (χ1v) is 10.3. The number of Topliss-reactive ketones (excluding diaryl/α,β-unsaturated/α-hetero) is 1. The molecule has 164 valence electrons. The maximum atomic E-state index is 12.8. The fourth-order valence-corrected chi connectivity index (χ4v) is 4.26. The maximum Gasteiger partial charge on any atom is 0.338 e. The number of ketones is 1. The van der Waals surface area contributed by atoms with Crippen LogP contribution in [-0.2, 0) is 19.1 Å². The van der Waals surface area contributed by atoms with Gasteiger partial charge in [-0.3, -0.25) is 4.79 Å². The molecule has 10 unspecified atom stereocenters. The molecule has 0 radical (unpaired) electrons. The van der Waals surface area contributed by atoms with Gasteiger partial charge in [-0.2, -0.15) is 0 Å². The van der Waals surface area contributed by atoms with Gasteiger partial charge >= 0.3 is 5.97 Å². The molecule has 0 aromatic rings. The lowest BCUT2D eigenvalue weighted by molar-refractivity contribution is -0.178. The van der Waals surface area contributed by atoms with Gasteiger partial charge in [-0.05, 0) is 18.8 Å². The molecule has 1 aliphatic heterocycles. The molecule has 1 heterocycles. The van der Waals surface area contributed by atoms with E-state index in [1.54, 1.807) is 34.6 Å². The smallest absolute Gasteiger partial charge is 0.338 e. The summed E-state index contributed by atoms with van der Waals surface area (Å²) in [6.07, 6.45) is -4.17. The topological polar surface area (TPSA) is 113 Å². The van der Waals surface area contributed by atoms with Crippen molar-refractivity contribution in [2.75, 3.05) is 7.11 Å². The van der Waals surface area contributed by atoms with Gasteiger partial charge in [0.1, 0.15) is 11.9 Å². The van der Waals surface area contributed by atoms with E-state index in [2.05, 4.69) is 0 Å². The molecule has 28 heavy (non-hydrogen) atoms. The van der Waals surface area contributed by atoms with E-state index in [1.807, 2.05) is 6.92 Å². The molecular formula is C21H38O7. The van der Waals surface area contributed by atoms with Crippen molar-refractivity contribution < 1.29 is 34.4 Å². The van der Waals surface area contributed by atoms with Crippen molar-refractivity contribution >= 4 is 11.8 Å². The molecule has 0 aromatic heterocycles. The number of hydrogen-bond acceptors (Lipinski definition) is 7. The fraction of sp³-hybridized carbons (Fsp3) is 0.905. The number of hydrogen-bond donors (Lipinski definition) is 3.